The third-order valence-electron chi connectivity index (χ3n) is 3.50. The number of rotatable bonds is 2. The van der Waals surface area contributed by atoms with E-state index in [-0.39, 0.29) is 0 Å². The Kier molecular flexibility index (Phi) is 2.57. The molecule has 0 spiro atoms. The highest BCUT2D eigenvalue weighted by Gasteiger charge is 2.10. The highest BCUT2D eigenvalue weighted by Crippen LogP contribution is 2.28. The molecule has 0 amide bonds. The van der Waals surface area contributed by atoms with E-state index in [0.29, 0.717) is 0 Å². The summed E-state index contributed by atoms with van der Waals surface area (Å²) in [5.41, 5.74) is 4.86. The van der Waals surface area contributed by atoms with Crippen molar-refractivity contribution < 1.29 is 0 Å². The minimum atomic E-state index is 0.897. The number of hydrogen-bond donors (Lipinski definition) is 1. The van der Waals surface area contributed by atoms with Crippen molar-refractivity contribution in [1.29, 1.82) is 0 Å². The first kappa shape index (κ1) is 11.8. The van der Waals surface area contributed by atoms with Crippen LogP contribution in [0.3, 0.4) is 0 Å². The van der Waals surface area contributed by atoms with Crippen molar-refractivity contribution in [2.75, 3.05) is 0 Å². The Morgan fingerprint density at radius 2 is 1.90 bits per heavy atom. The van der Waals surface area contributed by atoms with Crippen LogP contribution in [-0.4, -0.2) is 25.0 Å². The van der Waals surface area contributed by atoms with Crippen LogP contribution in [0.5, 0.6) is 0 Å². The van der Waals surface area contributed by atoms with Crippen molar-refractivity contribution in [1.82, 2.24) is 25.0 Å². The lowest BCUT2D eigenvalue weighted by molar-refractivity contribution is 0.768. The van der Waals surface area contributed by atoms with E-state index >= 15 is 0 Å². The van der Waals surface area contributed by atoms with E-state index in [1.54, 1.807) is 4.68 Å². The zero-order valence-electron chi connectivity index (χ0n) is 11.5. The molecule has 4 rings (SSSR count). The number of benzene rings is 1. The molecule has 1 N–H and O–H groups in total. The molecule has 0 saturated heterocycles. The number of aromatic nitrogens is 5. The number of pyridine rings is 1. The van der Waals surface area contributed by atoms with Crippen LogP contribution in [0.2, 0.25) is 0 Å². The number of fused-ring (bicyclic) bond motifs is 1. The Bertz CT molecular complexity index is 905. The second-order valence-corrected chi connectivity index (χ2v) is 4.96. The lowest BCUT2D eigenvalue weighted by Gasteiger charge is -1.99. The largest absolute Gasteiger partial charge is 0.276 e. The molecule has 102 valence electrons. The predicted molar refractivity (Wildman–Crippen MR) is 81.5 cm³/mol. The fraction of sp³-hybridized carbons (Fsp3) is 0.0625. The van der Waals surface area contributed by atoms with Gasteiger partial charge < -0.3 is 0 Å². The molecule has 3 heterocycles. The summed E-state index contributed by atoms with van der Waals surface area (Å²) in [5, 5.41) is 12.7. The Morgan fingerprint density at radius 1 is 1.05 bits per heavy atom. The monoisotopic (exact) mass is 275 g/mol. The van der Waals surface area contributed by atoms with Crippen LogP contribution in [0.25, 0.3) is 33.4 Å². The van der Waals surface area contributed by atoms with Crippen molar-refractivity contribution in [2.24, 2.45) is 7.05 Å². The molecule has 5 heteroatoms. The molecule has 0 bridgehead atoms. The maximum Gasteiger partial charge on any atom is 0.100 e. The van der Waals surface area contributed by atoms with E-state index in [9.17, 15) is 0 Å². The second-order valence-electron chi connectivity index (χ2n) is 4.96. The van der Waals surface area contributed by atoms with Gasteiger partial charge in [-0.1, -0.05) is 30.3 Å². The van der Waals surface area contributed by atoms with E-state index in [0.717, 1.165) is 33.4 Å². The summed E-state index contributed by atoms with van der Waals surface area (Å²) in [7, 11) is 1.90. The van der Waals surface area contributed by atoms with Gasteiger partial charge in [-0.2, -0.15) is 10.2 Å². The Hall–Kier alpha value is -2.95. The van der Waals surface area contributed by atoms with E-state index in [2.05, 4.69) is 38.5 Å². The van der Waals surface area contributed by atoms with Gasteiger partial charge in [0.2, 0.25) is 0 Å². The van der Waals surface area contributed by atoms with Crippen LogP contribution in [-0.2, 0) is 7.05 Å². The first-order chi connectivity index (χ1) is 10.3. The van der Waals surface area contributed by atoms with Gasteiger partial charge in [0, 0.05) is 29.8 Å². The first-order valence-corrected chi connectivity index (χ1v) is 6.70. The Balaban J connectivity index is 1.90. The summed E-state index contributed by atoms with van der Waals surface area (Å²) in [5.74, 6) is 0. The molecule has 1 aromatic carbocycles. The summed E-state index contributed by atoms with van der Waals surface area (Å²) in [4.78, 5) is 4.47. The normalized spacial score (nSPS) is 11.1. The van der Waals surface area contributed by atoms with Crippen LogP contribution in [0.4, 0.5) is 0 Å². The molecule has 0 aliphatic carbocycles. The standard InChI is InChI=1S/C16H13N5/c1-21-10-12(8-18-21)14-7-13-15(9-17-14)19-20-16(13)11-5-3-2-4-6-11/h2-10H,1H3,(H,19,20). The van der Waals surface area contributed by atoms with Crippen molar-refractivity contribution in [3.8, 4) is 22.5 Å². The summed E-state index contributed by atoms with van der Waals surface area (Å²) in [6, 6.07) is 12.2. The minimum Gasteiger partial charge on any atom is -0.276 e. The van der Waals surface area contributed by atoms with Gasteiger partial charge in [0.25, 0.3) is 0 Å². The minimum absolute atomic E-state index is 0.897. The van der Waals surface area contributed by atoms with Gasteiger partial charge in [-0.15, -0.1) is 0 Å². The molecule has 0 unspecified atom stereocenters. The van der Waals surface area contributed by atoms with Gasteiger partial charge in [-0.05, 0) is 6.07 Å². The van der Waals surface area contributed by atoms with E-state index < -0.39 is 0 Å². The number of nitrogens with zero attached hydrogens (tertiary/aromatic N) is 4. The number of H-pyrrole nitrogens is 1. The van der Waals surface area contributed by atoms with Gasteiger partial charge in [-0.3, -0.25) is 14.8 Å². The smallest absolute Gasteiger partial charge is 0.100 e. The molecule has 0 atom stereocenters. The van der Waals surface area contributed by atoms with Crippen LogP contribution in [0.15, 0.2) is 55.0 Å². The molecule has 0 aliphatic rings. The van der Waals surface area contributed by atoms with Crippen LogP contribution in [0, 0.1) is 0 Å². The number of aromatic amines is 1. The van der Waals surface area contributed by atoms with E-state index in [1.807, 2.05) is 43.8 Å². The molecule has 0 radical (unpaired) electrons. The number of aryl methyl sites for hydroxylation is 1. The van der Waals surface area contributed by atoms with Gasteiger partial charge in [-0.25, -0.2) is 0 Å². The Morgan fingerprint density at radius 3 is 2.67 bits per heavy atom. The van der Waals surface area contributed by atoms with Crippen molar-refractivity contribution in [2.45, 2.75) is 0 Å². The fourth-order valence-corrected chi connectivity index (χ4v) is 2.44. The molecule has 0 aliphatic heterocycles. The van der Waals surface area contributed by atoms with Crippen molar-refractivity contribution in [3.63, 3.8) is 0 Å². The van der Waals surface area contributed by atoms with Crippen LogP contribution in [0.1, 0.15) is 0 Å². The molecule has 3 aromatic heterocycles. The average molecular weight is 275 g/mol. The second kappa shape index (κ2) is 4.56. The topological polar surface area (TPSA) is 59.4 Å². The zero-order chi connectivity index (χ0) is 14.2. The molecule has 21 heavy (non-hydrogen) atoms. The highest BCUT2D eigenvalue weighted by molar-refractivity contribution is 5.94. The lowest BCUT2D eigenvalue weighted by atomic mass is 10.1. The maximum absolute atomic E-state index is 4.47. The summed E-state index contributed by atoms with van der Waals surface area (Å²) in [6.45, 7) is 0. The third-order valence-corrected chi connectivity index (χ3v) is 3.50. The van der Waals surface area contributed by atoms with Gasteiger partial charge >= 0.3 is 0 Å². The van der Waals surface area contributed by atoms with Crippen LogP contribution < -0.4 is 0 Å². The van der Waals surface area contributed by atoms with E-state index in [1.165, 1.54) is 0 Å². The lowest BCUT2D eigenvalue weighted by Crippen LogP contribution is -1.85. The average Bonchev–Trinajstić information content (AvgIpc) is 3.13. The predicted octanol–water partition coefficient (Wildman–Crippen LogP) is 3.03. The van der Waals surface area contributed by atoms with Gasteiger partial charge in [0.05, 0.1) is 23.6 Å². The summed E-state index contributed by atoms with van der Waals surface area (Å²) >= 11 is 0. The highest BCUT2D eigenvalue weighted by atomic mass is 15.2. The zero-order valence-corrected chi connectivity index (χ0v) is 11.5. The van der Waals surface area contributed by atoms with Crippen molar-refractivity contribution in [3.05, 3.63) is 55.0 Å². The molecule has 0 fully saturated rings. The molecular formula is C16H13N5. The molecule has 5 nitrogen and oxygen atoms in total. The first-order valence-electron chi connectivity index (χ1n) is 6.70. The van der Waals surface area contributed by atoms with E-state index in [4.69, 9.17) is 0 Å². The molecular weight excluding hydrogens is 262 g/mol. The SMILES string of the molecule is Cn1cc(-c2cc3c(-c4ccccc4)n[nH]c3cn2)cn1. The number of hydrogen-bond acceptors (Lipinski definition) is 3. The quantitative estimate of drug-likeness (QED) is 0.611. The van der Waals surface area contributed by atoms with Crippen molar-refractivity contribution >= 4 is 10.9 Å². The van der Waals surface area contributed by atoms with Crippen LogP contribution >= 0.6 is 0 Å². The molecule has 4 aromatic rings. The van der Waals surface area contributed by atoms with Gasteiger partial charge in [0.1, 0.15) is 5.69 Å². The fourth-order valence-electron chi connectivity index (χ4n) is 2.44. The third kappa shape index (κ3) is 1.99. The van der Waals surface area contributed by atoms with Gasteiger partial charge in [0.15, 0.2) is 0 Å². The maximum atomic E-state index is 4.47. The number of nitrogens with one attached hydrogen (secondary N) is 1. The summed E-state index contributed by atoms with van der Waals surface area (Å²) < 4.78 is 1.77. The Labute approximate surface area is 121 Å². The summed E-state index contributed by atoms with van der Waals surface area (Å²) in [6.07, 6.45) is 5.59. The molecule has 0 saturated carbocycles.